The van der Waals surface area contributed by atoms with Crippen molar-refractivity contribution in [2.45, 2.75) is 26.9 Å². The summed E-state index contributed by atoms with van der Waals surface area (Å²) in [7, 11) is 1.36. The summed E-state index contributed by atoms with van der Waals surface area (Å²) >= 11 is 0. The van der Waals surface area contributed by atoms with Gasteiger partial charge in [0.15, 0.2) is 0 Å². The summed E-state index contributed by atoms with van der Waals surface area (Å²) in [5.41, 5.74) is 0. The van der Waals surface area contributed by atoms with E-state index in [4.69, 9.17) is 4.74 Å². The average Bonchev–Trinajstić information content (AvgIpc) is 2.35. The molecular weight excluding hydrogens is 234 g/mol. The van der Waals surface area contributed by atoms with E-state index >= 15 is 0 Å². The van der Waals surface area contributed by atoms with Crippen molar-refractivity contribution >= 4 is 11.9 Å². The number of rotatable bonds is 6. The number of anilines is 1. The number of carbonyl (C=O) groups excluding carboxylic acids is 1. The fourth-order valence-electron chi connectivity index (χ4n) is 1.34. The highest BCUT2D eigenvalue weighted by atomic mass is 16.5. The van der Waals surface area contributed by atoms with Crippen molar-refractivity contribution in [3.63, 3.8) is 0 Å². The monoisotopic (exact) mass is 253 g/mol. The van der Waals surface area contributed by atoms with Crippen molar-refractivity contribution in [2.75, 3.05) is 25.1 Å². The van der Waals surface area contributed by atoms with Crippen molar-refractivity contribution in [1.82, 2.24) is 9.97 Å². The lowest BCUT2D eigenvalue weighted by Gasteiger charge is -2.19. The summed E-state index contributed by atoms with van der Waals surface area (Å²) in [6.07, 6.45) is 1.66. The van der Waals surface area contributed by atoms with E-state index in [0.29, 0.717) is 18.4 Å². The van der Waals surface area contributed by atoms with Crippen molar-refractivity contribution < 1.29 is 14.3 Å². The van der Waals surface area contributed by atoms with Gasteiger partial charge >= 0.3 is 5.97 Å². The lowest BCUT2D eigenvalue weighted by Crippen LogP contribution is -2.31. The summed E-state index contributed by atoms with van der Waals surface area (Å²) in [6.45, 7) is 6.50. The maximum atomic E-state index is 11.3. The molecule has 1 heterocycles. The third-order valence-electron chi connectivity index (χ3n) is 2.19. The van der Waals surface area contributed by atoms with Crippen LogP contribution in [0.4, 0.5) is 5.95 Å². The molecule has 0 bridgehead atoms. The number of methoxy groups -OCH3 is 1. The van der Waals surface area contributed by atoms with E-state index in [-0.39, 0.29) is 18.6 Å². The number of nitrogens with zero attached hydrogens (tertiary/aromatic N) is 3. The van der Waals surface area contributed by atoms with Gasteiger partial charge in [0.05, 0.1) is 13.2 Å². The van der Waals surface area contributed by atoms with Crippen LogP contribution in [0.15, 0.2) is 12.3 Å². The predicted octanol–water partition coefficient (Wildman–Crippen LogP) is 1.26. The number of carbonyl (C=O) groups is 1. The minimum atomic E-state index is -0.323. The summed E-state index contributed by atoms with van der Waals surface area (Å²) < 4.78 is 10.1. The molecule has 100 valence electrons. The minimum absolute atomic E-state index is 0.0448. The Balaban J connectivity index is 2.82. The van der Waals surface area contributed by atoms with Gasteiger partial charge in [0.1, 0.15) is 6.54 Å². The Kier molecular flexibility index (Phi) is 5.35. The van der Waals surface area contributed by atoms with Gasteiger partial charge in [0, 0.05) is 18.8 Å². The van der Waals surface area contributed by atoms with Crippen LogP contribution < -0.4 is 9.64 Å². The van der Waals surface area contributed by atoms with Crippen LogP contribution in [0.1, 0.15) is 20.8 Å². The molecule has 0 amide bonds. The SMILES string of the molecule is CCN(CC(=O)OC)c1nccc(OC(C)C)n1. The first-order valence-corrected chi connectivity index (χ1v) is 5.88. The zero-order valence-electron chi connectivity index (χ0n) is 11.2. The molecule has 1 rings (SSSR count). The average molecular weight is 253 g/mol. The molecule has 0 aliphatic heterocycles. The molecule has 0 radical (unpaired) electrons. The van der Waals surface area contributed by atoms with Crippen LogP contribution in [0, 0.1) is 0 Å². The molecule has 0 aromatic carbocycles. The normalized spacial score (nSPS) is 10.3. The number of aromatic nitrogens is 2. The first-order chi connectivity index (χ1) is 8.56. The van der Waals surface area contributed by atoms with Crippen LogP contribution in [0.2, 0.25) is 0 Å². The smallest absolute Gasteiger partial charge is 0.325 e. The molecule has 0 N–H and O–H groups in total. The molecule has 0 aliphatic rings. The van der Waals surface area contributed by atoms with E-state index in [1.54, 1.807) is 17.2 Å². The topological polar surface area (TPSA) is 64.6 Å². The Morgan fingerprint density at radius 3 is 2.78 bits per heavy atom. The molecule has 6 nitrogen and oxygen atoms in total. The summed E-state index contributed by atoms with van der Waals surface area (Å²) in [5, 5.41) is 0. The second kappa shape index (κ2) is 6.78. The molecule has 1 aromatic heterocycles. The van der Waals surface area contributed by atoms with Gasteiger partial charge in [-0.2, -0.15) is 4.98 Å². The van der Waals surface area contributed by atoms with Gasteiger partial charge < -0.3 is 14.4 Å². The van der Waals surface area contributed by atoms with E-state index in [0.717, 1.165) is 0 Å². The van der Waals surface area contributed by atoms with Crippen LogP contribution >= 0.6 is 0 Å². The van der Waals surface area contributed by atoms with Gasteiger partial charge in [0.25, 0.3) is 0 Å². The molecule has 0 atom stereocenters. The van der Waals surface area contributed by atoms with E-state index in [9.17, 15) is 4.79 Å². The number of esters is 1. The maximum Gasteiger partial charge on any atom is 0.325 e. The number of likely N-dealkylation sites (N-methyl/N-ethyl adjacent to an activating group) is 1. The molecule has 6 heteroatoms. The Morgan fingerprint density at radius 1 is 1.50 bits per heavy atom. The fraction of sp³-hybridized carbons (Fsp3) is 0.583. The minimum Gasteiger partial charge on any atom is -0.475 e. The predicted molar refractivity (Wildman–Crippen MR) is 67.7 cm³/mol. The molecule has 1 aromatic rings. The Morgan fingerprint density at radius 2 is 2.22 bits per heavy atom. The van der Waals surface area contributed by atoms with Gasteiger partial charge in [-0.15, -0.1) is 0 Å². The maximum absolute atomic E-state index is 11.3. The molecule has 18 heavy (non-hydrogen) atoms. The summed E-state index contributed by atoms with van der Waals surface area (Å²) in [5.74, 6) is 0.634. The quantitative estimate of drug-likeness (QED) is 0.711. The first kappa shape index (κ1) is 14.2. The Labute approximate surface area is 107 Å². The highest BCUT2D eigenvalue weighted by Crippen LogP contribution is 2.13. The van der Waals surface area contributed by atoms with Crippen molar-refractivity contribution in [3.8, 4) is 5.88 Å². The molecule has 0 aliphatic carbocycles. The zero-order chi connectivity index (χ0) is 13.5. The van der Waals surface area contributed by atoms with Crippen molar-refractivity contribution in [2.24, 2.45) is 0 Å². The van der Waals surface area contributed by atoms with E-state index in [1.165, 1.54) is 7.11 Å². The van der Waals surface area contributed by atoms with Gasteiger partial charge in [-0.1, -0.05) is 0 Å². The van der Waals surface area contributed by atoms with E-state index in [2.05, 4.69) is 14.7 Å². The van der Waals surface area contributed by atoms with Crippen molar-refractivity contribution in [3.05, 3.63) is 12.3 Å². The Hall–Kier alpha value is -1.85. The highest BCUT2D eigenvalue weighted by molar-refractivity contribution is 5.74. The first-order valence-electron chi connectivity index (χ1n) is 5.88. The van der Waals surface area contributed by atoms with E-state index < -0.39 is 0 Å². The summed E-state index contributed by atoms with van der Waals surface area (Å²) in [6, 6.07) is 1.69. The number of ether oxygens (including phenoxy) is 2. The molecular formula is C12H19N3O3. The molecule has 0 saturated heterocycles. The Bertz CT molecular complexity index is 396. The lowest BCUT2D eigenvalue weighted by atomic mass is 10.5. The van der Waals surface area contributed by atoms with Crippen molar-refractivity contribution in [1.29, 1.82) is 0 Å². The second-order valence-corrected chi connectivity index (χ2v) is 3.95. The third kappa shape index (κ3) is 4.20. The molecule has 0 unspecified atom stereocenters. The molecule has 0 saturated carbocycles. The number of hydrogen-bond donors (Lipinski definition) is 0. The van der Waals surface area contributed by atoms with Gasteiger partial charge in [-0.05, 0) is 20.8 Å². The second-order valence-electron chi connectivity index (χ2n) is 3.95. The molecule has 0 spiro atoms. The van der Waals surface area contributed by atoms with Gasteiger partial charge in [0.2, 0.25) is 11.8 Å². The lowest BCUT2D eigenvalue weighted by molar-refractivity contribution is -0.138. The third-order valence-corrected chi connectivity index (χ3v) is 2.19. The largest absolute Gasteiger partial charge is 0.475 e. The standard InChI is InChI=1S/C12H19N3O3/c1-5-15(8-11(16)17-4)12-13-7-6-10(14-12)18-9(2)3/h6-7,9H,5,8H2,1-4H3. The van der Waals surface area contributed by atoms with Crippen LogP contribution in [-0.2, 0) is 9.53 Å². The van der Waals surface area contributed by atoms with Crippen LogP contribution in [-0.4, -0.2) is 42.2 Å². The number of hydrogen-bond acceptors (Lipinski definition) is 6. The summed E-state index contributed by atoms with van der Waals surface area (Å²) in [4.78, 5) is 21.4. The van der Waals surface area contributed by atoms with Gasteiger partial charge in [-0.3, -0.25) is 4.79 Å². The zero-order valence-corrected chi connectivity index (χ0v) is 11.2. The molecule has 0 fully saturated rings. The fourth-order valence-corrected chi connectivity index (χ4v) is 1.34. The van der Waals surface area contributed by atoms with Crippen LogP contribution in [0.5, 0.6) is 5.88 Å². The van der Waals surface area contributed by atoms with Crippen LogP contribution in [0.25, 0.3) is 0 Å². The van der Waals surface area contributed by atoms with E-state index in [1.807, 2.05) is 20.8 Å². The highest BCUT2D eigenvalue weighted by Gasteiger charge is 2.13. The van der Waals surface area contributed by atoms with Gasteiger partial charge in [-0.25, -0.2) is 4.98 Å². The van der Waals surface area contributed by atoms with Crippen LogP contribution in [0.3, 0.4) is 0 Å².